The van der Waals surface area contributed by atoms with Crippen LogP contribution in [0.4, 0.5) is 0 Å². The highest BCUT2D eigenvalue weighted by molar-refractivity contribution is 7.80. The summed E-state index contributed by atoms with van der Waals surface area (Å²) in [5.74, 6) is 6.60. The lowest BCUT2D eigenvalue weighted by atomic mass is 10.2. The van der Waals surface area contributed by atoms with Crippen LogP contribution >= 0.6 is 47.4 Å². The van der Waals surface area contributed by atoms with Crippen molar-refractivity contribution in [3.63, 3.8) is 0 Å². The topological polar surface area (TPSA) is 0 Å². The van der Waals surface area contributed by atoms with Gasteiger partial charge in [-0.25, -0.2) is 0 Å². The molecule has 0 saturated carbocycles. The molecule has 4 heteroatoms. The van der Waals surface area contributed by atoms with Gasteiger partial charge in [0, 0.05) is 17.7 Å². The van der Waals surface area contributed by atoms with E-state index >= 15 is 0 Å². The van der Waals surface area contributed by atoms with E-state index < -0.39 is 0 Å². The summed E-state index contributed by atoms with van der Waals surface area (Å²) in [6.45, 7) is 0. The van der Waals surface area contributed by atoms with Gasteiger partial charge in [-0.15, -0.1) is 0 Å². The highest BCUT2D eigenvalue weighted by Gasteiger charge is 2.03. The Hall–Kier alpha value is -0.000000000000000111. The van der Waals surface area contributed by atoms with Gasteiger partial charge in [0.15, 0.2) is 0 Å². The molecular weight excluding hydrogens is 259 g/mol. The maximum absolute atomic E-state index is 5.83. The van der Waals surface area contributed by atoms with Crippen molar-refractivity contribution < 1.29 is 0 Å². The monoisotopic (exact) mass is 264 g/mol. The maximum Gasteiger partial charge on any atom is 0.0779 e. The molecule has 0 amide bonds. The van der Waals surface area contributed by atoms with Crippen LogP contribution in [0.5, 0.6) is 0 Å². The molecule has 0 N–H and O–H groups in total. The normalized spacial score (nSPS) is 9.43. The van der Waals surface area contributed by atoms with Crippen LogP contribution in [-0.2, 0) is 0 Å². The molecule has 0 aliphatic rings. The van der Waals surface area contributed by atoms with Crippen molar-refractivity contribution in [3.8, 4) is 11.8 Å². The molecule has 0 radical (unpaired) electrons. The Morgan fingerprint density at radius 3 is 2.21 bits per heavy atom. The fourth-order valence-corrected chi connectivity index (χ4v) is 1.56. The zero-order valence-electron chi connectivity index (χ0n) is 7.15. The molecule has 1 aromatic rings. The van der Waals surface area contributed by atoms with Crippen LogP contribution in [-0.4, -0.2) is 5.75 Å². The number of rotatable bonds is 1. The fourth-order valence-electron chi connectivity index (χ4n) is 0.848. The smallest absolute Gasteiger partial charge is 0.0779 e. The first-order valence-electron chi connectivity index (χ1n) is 3.89. The van der Waals surface area contributed by atoms with Crippen molar-refractivity contribution in [1.82, 2.24) is 0 Å². The molecule has 1 aromatic carbocycles. The van der Waals surface area contributed by atoms with Gasteiger partial charge < -0.3 is 0 Å². The molecule has 0 nitrogen and oxygen atoms in total. The minimum absolute atomic E-state index is 0.369. The number of hydrogen-bond acceptors (Lipinski definition) is 1. The molecule has 0 aromatic heterocycles. The van der Waals surface area contributed by atoms with Crippen molar-refractivity contribution in [3.05, 3.63) is 32.8 Å². The van der Waals surface area contributed by atoms with E-state index in [1.165, 1.54) is 0 Å². The average molecular weight is 266 g/mol. The quantitative estimate of drug-likeness (QED) is 0.436. The summed E-state index contributed by atoms with van der Waals surface area (Å²) in [5.41, 5.74) is 0.770. The molecule has 0 saturated heterocycles. The number of halogens is 3. The average Bonchev–Trinajstić information content (AvgIpc) is 2.14. The SMILES string of the molecule is SCCC#Cc1cc(Cl)c(Cl)c(Cl)c1. The fraction of sp³-hybridized carbons (Fsp3) is 0.200. The lowest BCUT2D eigenvalue weighted by Gasteiger charge is -1.99. The highest BCUT2D eigenvalue weighted by atomic mass is 35.5. The van der Waals surface area contributed by atoms with Gasteiger partial charge in [0.2, 0.25) is 0 Å². The predicted octanol–water partition coefficient (Wildman–Crippen LogP) is 4.32. The third kappa shape index (κ3) is 3.29. The second-order valence-electron chi connectivity index (χ2n) is 2.53. The van der Waals surface area contributed by atoms with Crippen molar-refractivity contribution in [2.24, 2.45) is 0 Å². The Morgan fingerprint density at radius 2 is 1.71 bits per heavy atom. The summed E-state index contributed by atoms with van der Waals surface area (Å²) in [7, 11) is 0. The molecule has 0 aliphatic heterocycles. The standard InChI is InChI=1S/C10H7Cl3S/c11-8-5-7(3-1-2-4-14)6-9(12)10(8)13/h5-6,14H,2,4H2. The first-order chi connectivity index (χ1) is 6.65. The number of thiol groups is 1. The molecule has 14 heavy (non-hydrogen) atoms. The van der Waals surface area contributed by atoms with Gasteiger partial charge in [0.25, 0.3) is 0 Å². The zero-order valence-corrected chi connectivity index (χ0v) is 10.3. The molecule has 0 unspecified atom stereocenters. The van der Waals surface area contributed by atoms with Gasteiger partial charge >= 0.3 is 0 Å². The second kappa shape index (κ2) is 5.78. The highest BCUT2D eigenvalue weighted by Crippen LogP contribution is 2.30. The van der Waals surface area contributed by atoms with Crippen LogP contribution in [0, 0.1) is 11.8 Å². The zero-order chi connectivity index (χ0) is 10.6. The van der Waals surface area contributed by atoms with Gasteiger partial charge in [-0.05, 0) is 12.1 Å². The van der Waals surface area contributed by atoms with E-state index in [4.69, 9.17) is 34.8 Å². The molecule has 74 valence electrons. The van der Waals surface area contributed by atoms with Gasteiger partial charge in [-0.2, -0.15) is 12.6 Å². The molecular formula is C10H7Cl3S. The number of hydrogen-bond donors (Lipinski definition) is 1. The van der Waals surface area contributed by atoms with Crippen LogP contribution < -0.4 is 0 Å². The van der Waals surface area contributed by atoms with E-state index in [9.17, 15) is 0 Å². The van der Waals surface area contributed by atoms with Crippen molar-refractivity contribution >= 4 is 47.4 Å². The summed E-state index contributed by atoms with van der Waals surface area (Å²) in [4.78, 5) is 0. The van der Waals surface area contributed by atoms with Gasteiger partial charge in [0.05, 0.1) is 15.1 Å². The van der Waals surface area contributed by atoms with Gasteiger partial charge in [0.1, 0.15) is 0 Å². The molecule has 0 spiro atoms. The largest absolute Gasteiger partial charge is 0.178 e. The van der Waals surface area contributed by atoms with E-state index in [-0.39, 0.29) is 0 Å². The van der Waals surface area contributed by atoms with Crippen molar-refractivity contribution in [2.45, 2.75) is 6.42 Å². The molecule has 0 fully saturated rings. The Morgan fingerprint density at radius 1 is 1.14 bits per heavy atom. The lowest BCUT2D eigenvalue weighted by Crippen LogP contribution is -1.78. The summed E-state index contributed by atoms with van der Waals surface area (Å²) in [6.07, 6.45) is 0.737. The molecule has 0 bridgehead atoms. The van der Waals surface area contributed by atoms with Crippen molar-refractivity contribution in [1.29, 1.82) is 0 Å². The van der Waals surface area contributed by atoms with Crippen LogP contribution in [0.3, 0.4) is 0 Å². The minimum atomic E-state index is 0.369. The Balaban J connectivity index is 2.97. The second-order valence-corrected chi connectivity index (χ2v) is 4.17. The van der Waals surface area contributed by atoms with Crippen LogP contribution in [0.25, 0.3) is 0 Å². The molecule has 0 heterocycles. The molecule has 0 aliphatic carbocycles. The van der Waals surface area contributed by atoms with Gasteiger partial charge in [-0.3, -0.25) is 0 Å². The first-order valence-corrected chi connectivity index (χ1v) is 5.66. The van der Waals surface area contributed by atoms with Crippen LogP contribution in [0.1, 0.15) is 12.0 Å². The molecule has 1 rings (SSSR count). The van der Waals surface area contributed by atoms with E-state index in [1.807, 2.05) is 0 Å². The lowest BCUT2D eigenvalue weighted by molar-refractivity contribution is 1.31. The maximum atomic E-state index is 5.83. The molecule has 0 atom stereocenters. The first kappa shape index (κ1) is 12.1. The minimum Gasteiger partial charge on any atom is -0.178 e. The van der Waals surface area contributed by atoms with Crippen molar-refractivity contribution in [2.75, 3.05) is 5.75 Å². The summed E-state index contributed by atoms with van der Waals surface area (Å²) < 4.78 is 0. The van der Waals surface area contributed by atoms with E-state index in [0.29, 0.717) is 15.1 Å². The third-order valence-corrected chi connectivity index (χ3v) is 2.87. The van der Waals surface area contributed by atoms with Crippen LogP contribution in [0.15, 0.2) is 12.1 Å². The summed E-state index contributed by atoms with van der Waals surface area (Å²) in [5, 5.41) is 1.22. The van der Waals surface area contributed by atoms with E-state index in [2.05, 4.69) is 24.5 Å². The Bertz CT molecular complexity index is 367. The predicted molar refractivity (Wildman–Crippen MR) is 66.8 cm³/mol. The number of benzene rings is 1. The Labute approximate surface area is 104 Å². The van der Waals surface area contributed by atoms with E-state index in [0.717, 1.165) is 17.7 Å². The van der Waals surface area contributed by atoms with Crippen LogP contribution in [0.2, 0.25) is 15.1 Å². The third-order valence-electron chi connectivity index (χ3n) is 1.45. The Kier molecular flexibility index (Phi) is 4.98. The summed E-state index contributed by atoms with van der Waals surface area (Å²) in [6, 6.07) is 3.39. The van der Waals surface area contributed by atoms with E-state index in [1.54, 1.807) is 12.1 Å². The van der Waals surface area contributed by atoms with Gasteiger partial charge in [-0.1, -0.05) is 46.6 Å². The summed E-state index contributed by atoms with van der Waals surface area (Å²) >= 11 is 21.5.